The number of rotatable bonds is 9. The highest BCUT2D eigenvalue weighted by Gasteiger charge is 1.98. The van der Waals surface area contributed by atoms with Crippen LogP contribution >= 0.6 is 35.6 Å². The Balaban J connectivity index is 0.00000312. The summed E-state index contributed by atoms with van der Waals surface area (Å²) in [6, 6.07) is 9.27. The number of nitrogens with one attached hydrogen (secondary N) is 2. The van der Waals surface area contributed by atoms with E-state index in [1.54, 1.807) is 6.20 Å². The zero-order chi connectivity index (χ0) is 17.0. The minimum Gasteiger partial charge on any atom is -0.492 e. The predicted molar refractivity (Wildman–Crippen MR) is 113 cm³/mol. The third-order valence-electron chi connectivity index (χ3n) is 3.20. The first-order valence-corrected chi connectivity index (χ1v) is 8.53. The van der Waals surface area contributed by atoms with Gasteiger partial charge >= 0.3 is 0 Å². The van der Waals surface area contributed by atoms with Crippen molar-refractivity contribution in [1.82, 2.24) is 20.4 Å². The first-order valence-electron chi connectivity index (χ1n) is 8.16. The van der Waals surface area contributed by atoms with Crippen molar-refractivity contribution in [2.24, 2.45) is 4.99 Å². The van der Waals surface area contributed by atoms with Gasteiger partial charge in [-0.2, -0.15) is 5.10 Å². The van der Waals surface area contributed by atoms with Crippen molar-refractivity contribution in [3.63, 3.8) is 0 Å². The summed E-state index contributed by atoms with van der Waals surface area (Å²) >= 11 is 5.85. The van der Waals surface area contributed by atoms with Crippen LogP contribution in [-0.4, -0.2) is 42.0 Å². The maximum absolute atomic E-state index is 5.85. The van der Waals surface area contributed by atoms with Gasteiger partial charge in [0.1, 0.15) is 12.4 Å². The molecule has 0 saturated carbocycles. The molecule has 0 radical (unpaired) electrons. The van der Waals surface area contributed by atoms with Crippen LogP contribution in [0, 0.1) is 0 Å². The van der Waals surface area contributed by atoms with E-state index in [1.807, 2.05) is 48.1 Å². The third-order valence-corrected chi connectivity index (χ3v) is 3.45. The van der Waals surface area contributed by atoms with Crippen LogP contribution in [0.15, 0.2) is 47.7 Å². The zero-order valence-electron chi connectivity index (χ0n) is 14.3. The lowest BCUT2D eigenvalue weighted by Crippen LogP contribution is -2.39. The van der Waals surface area contributed by atoms with Crippen LogP contribution in [0.5, 0.6) is 5.75 Å². The second kappa shape index (κ2) is 12.8. The molecular weight excluding hydrogens is 453 g/mol. The van der Waals surface area contributed by atoms with Crippen molar-refractivity contribution in [2.75, 3.05) is 26.2 Å². The highest BCUT2D eigenvalue weighted by atomic mass is 127. The Kier molecular flexibility index (Phi) is 11.1. The van der Waals surface area contributed by atoms with E-state index in [0.29, 0.717) is 18.2 Å². The summed E-state index contributed by atoms with van der Waals surface area (Å²) in [5, 5.41) is 11.4. The highest BCUT2D eigenvalue weighted by Crippen LogP contribution is 2.14. The van der Waals surface area contributed by atoms with Gasteiger partial charge in [0.2, 0.25) is 0 Å². The Morgan fingerprint density at radius 3 is 2.76 bits per heavy atom. The first kappa shape index (κ1) is 21.6. The van der Waals surface area contributed by atoms with E-state index in [-0.39, 0.29) is 24.0 Å². The van der Waals surface area contributed by atoms with Crippen LogP contribution in [0.3, 0.4) is 0 Å². The molecule has 0 atom stereocenters. The summed E-state index contributed by atoms with van der Waals surface area (Å²) in [5.74, 6) is 1.61. The number of benzene rings is 1. The maximum Gasteiger partial charge on any atom is 0.191 e. The van der Waals surface area contributed by atoms with Crippen LogP contribution < -0.4 is 15.4 Å². The van der Waals surface area contributed by atoms with E-state index in [0.717, 1.165) is 37.8 Å². The molecule has 2 N–H and O–H groups in total. The average Bonchev–Trinajstić information content (AvgIpc) is 3.10. The van der Waals surface area contributed by atoms with Gasteiger partial charge in [0.25, 0.3) is 0 Å². The molecule has 1 aromatic heterocycles. The Hall–Kier alpha value is -1.48. The summed E-state index contributed by atoms with van der Waals surface area (Å²) < 4.78 is 7.56. The minimum atomic E-state index is 0. The van der Waals surface area contributed by atoms with Gasteiger partial charge in [0.05, 0.1) is 6.54 Å². The molecule has 138 valence electrons. The van der Waals surface area contributed by atoms with Crippen molar-refractivity contribution in [3.8, 4) is 5.75 Å². The van der Waals surface area contributed by atoms with Gasteiger partial charge in [-0.15, -0.1) is 24.0 Å². The molecule has 0 fully saturated rings. The highest BCUT2D eigenvalue weighted by molar-refractivity contribution is 14.0. The number of aromatic nitrogens is 2. The standard InChI is InChI=1S/C17H24ClN5O.HI/c1-2-19-17(20-9-3-12-23-13-4-10-22-23)21-11-14-24-16-7-5-15(18)6-8-16;/h4-8,10,13H,2-3,9,11-12,14H2,1H3,(H2,19,20,21);1H. The summed E-state index contributed by atoms with van der Waals surface area (Å²) in [6.45, 7) is 5.71. The van der Waals surface area contributed by atoms with E-state index < -0.39 is 0 Å². The lowest BCUT2D eigenvalue weighted by Gasteiger charge is -2.12. The van der Waals surface area contributed by atoms with E-state index in [4.69, 9.17) is 16.3 Å². The number of hydrogen-bond acceptors (Lipinski definition) is 3. The zero-order valence-corrected chi connectivity index (χ0v) is 17.4. The molecule has 0 spiro atoms. The molecule has 1 aromatic carbocycles. The van der Waals surface area contributed by atoms with Crippen molar-refractivity contribution in [3.05, 3.63) is 47.7 Å². The minimum absolute atomic E-state index is 0. The van der Waals surface area contributed by atoms with Gasteiger partial charge in [-0.25, -0.2) is 0 Å². The normalized spacial score (nSPS) is 10.9. The topological polar surface area (TPSA) is 63.5 Å². The van der Waals surface area contributed by atoms with E-state index in [1.165, 1.54) is 0 Å². The number of nitrogens with zero attached hydrogens (tertiary/aromatic N) is 3. The summed E-state index contributed by atoms with van der Waals surface area (Å²) in [4.78, 5) is 4.55. The van der Waals surface area contributed by atoms with Gasteiger partial charge < -0.3 is 15.4 Å². The Morgan fingerprint density at radius 2 is 2.08 bits per heavy atom. The number of halogens is 2. The van der Waals surface area contributed by atoms with Crippen molar-refractivity contribution in [1.29, 1.82) is 0 Å². The van der Waals surface area contributed by atoms with Crippen LogP contribution in [-0.2, 0) is 6.54 Å². The fourth-order valence-corrected chi connectivity index (χ4v) is 2.19. The van der Waals surface area contributed by atoms with Crippen LogP contribution in [0.1, 0.15) is 13.3 Å². The molecule has 2 aromatic rings. The fraction of sp³-hybridized carbons (Fsp3) is 0.412. The molecule has 0 amide bonds. The lowest BCUT2D eigenvalue weighted by molar-refractivity contribution is 0.322. The van der Waals surface area contributed by atoms with Gasteiger partial charge in [-0.05, 0) is 43.7 Å². The smallest absolute Gasteiger partial charge is 0.191 e. The molecule has 2 rings (SSSR count). The average molecular weight is 478 g/mol. The molecule has 8 heteroatoms. The number of aliphatic imine (C=N–C) groups is 1. The van der Waals surface area contributed by atoms with Crippen molar-refractivity contribution < 1.29 is 4.74 Å². The van der Waals surface area contributed by atoms with Crippen LogP contribution in [0.2, 0.25) is 5.02 Å². The molecule has 6 nitrogen and oxygen atoms in total. The summed E-state index contributed by atoms with van der Waals surface area (Å²) in [7, 11) is 0. The summed E-state index contributed by atoms with van der Waals surface area (Å²) in [5.41, 5.74) is 0. The van der Waals surface area contributed by atoms with Crippen molar-refractivity contribution >= 4 is 41.5 Å². The van der Waals surface area contributed by atoms with Gasteiger partial charge in [0.15, 0.2) is 5.96 Å². The fourth-order valence-electron chi connectivity index (χ4n) is 2.07. The number of guanidine groups is 1. The van der Waals surface area contributed by atoms with Gasteiger partial charge in [-0.3, -0.25) is 9.67 Å². The van der Waals surface area contributed by atoms with E-state index in [9.17, 15) is 0 Å². The SMILES string of the molecule is CCNC(=NCCCn1cccn1)NCCOc1ccc(Cl)cc1.I. The molecule has 0 saturated heterocycles. The first-order chi connectivity index (χ1) is 11.8. The quantitative estimate of drug-likeness (QED) is 0.252. The van der Waals surface area contributed by atoms with E-state index in [2.05, 4.69) is 20.7 Å². The Labute approximate surface area is 171 Å². The molecule has 0 aliphatic rings. The van der Waals surface area contributed by atoms with Gasteiger partial charge in [0, 0.05) is 37.1 Å². The number of hydrogen-bond donors (Lipinski definition) is 2. The predicted octanol–water partition coefficient (Wildman–Crippen LogP) is 3.18. The Morgan fingerprint density at radius 1 is 1.28 bits per heavy atom. The monoisotopic (exact) mass is 477 g/mol. The molecule has 0 bridgehead atoms. The molecule has 0 aliphatic heterocycles. The maximum atomic E-state index is 5.85. The van der Waals surface area contributed by atoms with Crippen LogP contribution in [0.4, 0.5) is 0 Å². The molecule has 25 heavy (non-hydrogen) atoms. The Bertz CT molecular complexity index is 604. The van der Waals surface area contributed by atoms with E-state index >= 15 is 0 Å². The summed E-state index contributed by atoms with van der Waals surface area (Å²) in [6.07, 6.45) is 4.69. The molecule has 0 unspecified atom stereocenters. The third kappa shape index (κ3) is 8.97. The lowest BCUT2D eigenvalue weighted by atomic mass is 10.3. The van der Waals surface area contributed by atoms with Crippen LogP contribution in [0.25, 0.3) is 0 Å². The molecule has 1 heterocycles. The van der Waals surface area contributed by atoms with Crippen molar-refractivity contribution in [2.45, 2.75) is 19.9 Å². The number of aryl methyl sites for hydroxylation is 1. The molecule has 0 aliphatic carbocycles. The largest absolute Gasteiger partial charge is 0.492 e. The second-order valence-corrected chi connectivity index (χ2v) is 5.55. The van der Waals surface area contributed by atoms with Gasteiger partial charge in [-0.1, -0.05) is 11.6 Å². The molecular formula is C17H25ClIN5O. The number of ether oxygens (including phenoxy) is 1. The second-order valence-electron chi connectivity index (χ2n) is 5.11.